The lowest BCUT2D eigenvalue weighted by atomic mass is 10.2. The van der Waals surface area contributed by atoms with E-state index in [1.807, 2.05) is 0 Å². The largest absolute Gasteiger partial charge is 0.450 e. The van der Waals surface area contributed by atoms with Crippen molar-refractivity contribution < 1.29 is 13.9 Å². The van der Waals surface area contributed by atoms with Gasteiger partial charge in [-0.2, -0.15) is 4.98 Å². The van der Waals surface area contributed by atoms with Crippen molar-refractivity contribution in [2.75, 3.05) is 11.9 Å². The van der Waals surface area contributed by atoms with E-state index in [1.54, 1.807) is 25.1 Å². The predicted molar refractivity (Wildman–Crippen MR) is 65.8 cm³/mol. The first-order valence-corrected chi connectivity index (χ1v) is 5.45. The highest BCUT2D eigenvalue weighted by atomic mass is 16.6. The molecule has 1 N–H and O–H groups in total. The second-order valence-electron chi connectivity index (χ2n) is 3.61. The Hall–Kier alpha value is -2.37. The average Bonchev–Trinajstić information content (AvgIpc) is 2.28. The van der Waals surface area contributed by atoms with Gasteiger partial charge in [0.1, 0.15) is 0 Å². The molecule has 6 nitrogen and oxygen atoms in total. The molecule has 0 unspecified atom stereocenters. The maximum atomic E-state index is 11.6. The molecule has 0 bridgehead atoms. The van der Waals surface area contributed by atoms with Crippen LogP contribution in [0.5, 0.6) is 6.08 Å². The zero-order chi connectivity index (χ0) is 13.1. The number of aromatic nitrogens is 1. The third kappa shape index (κ3) is 2.48. The summed E-state index contributed by atoms with van der Waals surface area (Å²) in [6.45, 7) is 3.52. The Kier molecular flexibility index (Phi) is 3.27. The summed E-state index contributed by atoms with van der Waals surface area (Å²) in [6, 6.07) is 4.76. The normalized spacial score (nSPS) is 10.3. The van der Waals surface area contributed by atoms with Crippen LogP contribution in [0.15, 0.2) is 27.4 Å². The van der Waals surface area contributed by atoms with E-state index in [9.17, 15) is 9.59 Å². The van der Waals surface area contributed by atoms with E-state index in [-0.39, 0.29) is 12.0 Å². The van der Waals surface area contributed by atoms with Crippen molar-refractivity contribution in [3.05, 3.63) is 28.6 Å². The summed E-state index contributed by atoms with van der Waals surface area (Å²) in [5.41, 5.74) is 0.467. The summed E-state index contributed by atoms with van der Waals surface area (Å²) in [5.74, 6) is -0.192. The Morgan fingerprint density at radius 1 is 1.50 bits per heavy atom. The number of hydrogen-bond donors (Lipinski definition) is 1. The highest BCUT2D eigenvalue weighted by Gasteiger charge is 2.08. The lowest BCUT2D eigenvalue weighted by Gasteiger charge is -2.04. The van der Waals surface area contributed by atoms with Crippen LogP contribution in [0, 0.1) is 0 Å². The summed E-state index contributed by atoms with van der Waals surface area (Å²) in [6.07, 6.45) is -0.0741. The van der Waals surface area contributed by atoms with Crippen LogP contribution in [0.4, 0.5) is 5.69 Å². The van der Waals surface area contributed by atoms with Crippen LogP contribution < -0.4 is 15.7 Å². The molecule has 0 saturated carbocycles. The standard InChI is InChI=1S/C12H12N2O4/c1-3-17-12-14-10-6-8(13-7(2)15)4-5-9(10)11(16)18-12/h4-6H,3H2,1-2H3,(H,13,15). The number of benzene rings is 1. The monoisotopic (exact) mass is 248 g/mol. The average molecular weight is 248 g/mol. The molecule has 1 aromatic heterocycles. The predicted octanol–water partition coefficient (Wildman–Crippen LogP) is 1.55. The van der Waals surface area contributed by atoms with E-state index in [0.717, 1.165) is 0 Å². The number of nitrogens with one attached hydrogen (secondary N) is 1. The SMILES string of the molecule is CCOc1nc2cc(NC(C)=O)ccc2c(=O)o1. The third-order valence-electron chi connectivity index (χ3n) is 2.20. The van der Waals surface area contributed by atoms with E-state index in [1.165, 1.54) is 6.92 Å². The Labute approximate surface area is 103 Å². The number of ether oxygens (including phenoxy) is 1. The molecule has 0 fully saturated rings. The van der Waals surface area contributed by atoms with Crippen molar-refractivity contribution in [3.8, 4) is 6.08 Å². The Morgan fingerprint density at radius 3 is 2.94 bits per heavy atom. The number of hydrogen-bond acceptors (Lipinski definition) is 5. The molecule has 0 atom stereocenters. The zero-order valence-corrected chi connectivity index (χ0v) is 10.0. The van der Waals surface area contributed by atoms with Gasteiger partial charge >= 0.3 is 11.7 Å². The molecule has 0 aliphatic heterocycles. The van der Waals surface area contributed by atoms with E-state index < -0.39 is 5.63 Å². The lowest BCUT2D eigenvalue weighted by Crippen LogP contribution is -2.08. The molecule has 0 aliphatic carbocycles. The molecular formula is C12H12N2O4. The topological polar surface area (TPSA) is 81.4 Å². The van der Waals surface area contributed by atoms with Crippen molar-refractivity contribution >= 4 is 22.5 Å². The van der Waals surface area contributed by atoms with Gasteiger partial charge in [0.15, 0.2) is 0 Å². The lowest BCUT2D eigenvalue weighted by molar-refractivity contribution is -0.114. The second kappa shape index (κ2) is 4.87. The maximum Gasteiger partial charge on any atom is 0.397 e. The van der Waals surface area contributed by atoms with Gasteiger partial charge in [0, 0.05) is 12.6 Å². The summed E-state index contributed by atoms with van der Waals surface area (Å²) >= 11 is 0. The van der Waals surface area contributed by atoms with Crippen LogP contribution in [-0.4, -0.2) is 17.5 Å². The molecule has 1 heterocycles. The number of amides is 1. The Morgan fingerprint density at radius 2 is 2.28 bits per heavy atom. The van der Waals surface area contributed by atoms with E-state index in [4.69, 9.17) is 9.15 Å². The highest BCUT2D eigenvalue weighted by Crippen LogP contribution is 2.17. The highest BCUT2D eigenvalue weighted by molar-refractivity contribution is 5.91. The molecule has 0 spiro atoms. The molecule has 0 aliphatic rings. The van der Waals surface area contributed by atoms with Gasteiger partial charge in [-0.1, -0.05) is 0 Å². The number of anilines is 1. The number of fused-ring (bicyclic) bond motifs is 1. The molecule has 94 valence electrons. The van der Waals surface area contributed by atoms with Gasteiger partial charge in [-0.05, 0) is 25.1 Å². The van der Waals surface area contributed by atoms with E-state index in [2.05, 4.69) is 10.3 Å². The molecule has 0 saturated heterocycles. The molecule has 2 aromatic rings. The van der Waals surface area contributed by atoms with Crippen LogP contribution in [0.25, 0.3) is 10.9 Å². The van der Waals surface area contributed by atoms with Crippen LogP contribution in [0.2, 0.25) is 0 Å². The first-order chi connectivity index (χ1) is 8.60. The first kappa shape index (κ1) is 12.1. The number of carbonyl (C=O) groups excluding carboxylic acids is 1. The summed E-state index contributed by atoms with van der Waals surface area (Å²) in [5, 5.41) is 2.96. The van der Waals surface area contributed by atoms with Crippen molar-refractivity contribution in [1.29, 1.82) is 0 Å². The van der Waals surface area contributed by atoms with Gasteiger partial charge in [-0.3, -0.25) is 4.79 Å². The van der Waals surface area contributed by atoms with Gasteiger partial charge in [0.2, 0.25) is 5.91 Å². The number of nitrogens with zero attached hydrogens (tertiary/aromatic N) is 1. The number of rotatable bonds is 3. The molecule has 0 radical (unpaired) electrons. The van der Waals surface area contributed by atoms with E-state index in [0.29, 0.717) is 23.2 Å². The fourth-order valence-corrected chi connectivity index (χ4v) is 1.52. The fourth-order valence-electron chi connectivity index (χ4n) is 1.52. The minimum Gasteiger partial charge on any atom is -0.450 e. The Bertz CT molecular complexity index is 648. The van der Waals surface area contributed by atoms with Crippen molar-refractivity contribution in [3.63, 3.8) is 0 Å². The second-order valence-corrected chi connectivity index (χ2v) is 3.61. The van der Waals surface area contributed by atoms with Gasteiger partial charge in [0.25, 0.3) is 0 Å². The van der Waals surface area contributed by atoms with Crippen molar-refractivity contribution in [1.82, 2.24) is 4.98 Å². The molecule has 2 rings (SSSR count). The minimum absolute atomic E-state index is 0.0741. The van der Waals surface area contributed by atoms with Gasteiger partial charge in [0.05, 0.1) is 17.5 Å². The van der Waals surface area contributed by atoms with Gasteiger partial charge < -0.3 is 14.5 Å². The van der Waals surface area contributed by atoms with Gasteiger partial charge in [-0.15, -0.1) is 0 Å². The molecule has 1 aromatic carbocycles. The smallest absolute Gasteiger partial charge is 0.397 e. The van der Waals surface area contributed by atoms with Crippen LogP contribution >= 0.6 is 0 Å². The van der Waals surface area contributed by atoms with Crippen LogP contribution in [-0.2, 0) is 4.79 Å². The fraction of sp³-hybridized carbons (Fsp3) is 0.250. The molecule has 1 amide bonds. The third-order valence-corrected chi connectivity index (χ3v) is 2.20. The summed E-state index contributed by atoms with van der Waals surface area (Å²) < 4.78 is 9.93. The van der Waals surface area contributed by atoms with Crippen LogP contribution in [0.1, 0.15) is 13.8 Å². The molecule has 18 heavy (non-hydrogen) atoms. The van der Waals surface area contributed by atoms with Crippen molar-refractivity contribution in [2.45, 2.75) is 13.8 Å². The summed E-state index contributed by atoms with van der Waals surface area (Å²) in [4.78, 5) is 26.6. The molecule has 6 heteroatoms. The van der Waals surface area contributed by atoms with Gasteiger partial charge in [-0.25, -0.2) is 4.79 Å². The maximum absolute atomic E-state index is 11.6. The zero-order valence-electron chi connectivity index (χ0n) is 10.0. The van der Waals surface area contributed by atoms with Crippen molar-refractivity contribution in [2.24, 2.45) is 0 Å². The molecular weight excluding hydrogens is 236 g/mol. The summed E-state index contributed by atoms with van der Waals surface area (Å²) in [7, 11) is 0. The Balaban J connectivity index is 2.53. The van der Waals surface area contributed by atoms with Crippen LogP contribution in [0.3, 0.4) is 0 Å². The minimum atomic E-state index is -0.516. The quantitative estimate of drug-likeness (QED) is 0.891. The first-order valence-electron chi connectivity index (χ1n) is 5.45. The number of carbonyl (C=O) groups is 1. The van der Waals surface area contributed by atoms with E-state index >= 15 is 0 Å².